The molecule has 88 valence electrons. The predicted molar refractivity (Wildman–Crippen MR) is 61.7 cm³/mol. The van der Waals surface area contributed by atoms with Crippen molar-refractivity contribution in [1.82, 2.24) is 0 Å². The number of rotatable bonds is 2. The fraction of sp³-hybridized carbons (Fsp3) is 0.786. The highest BCUT2D eigenvalue weighted by atomic mass is 16.5. The molecule has 0 unspecified atom stereocenters. The van der Waals surface area contributed by atoms with E-state index in [9.17, 15) is 4.79 Å². The minimum absolute atomic E-state index is 0.188. The van der Waals surface area contributed by atoms with E-state index in [1.165, 1.54) is 25.7 Å². The standard InChI is InChI=1S/C14H20O2/c1-8(2)14(15)16-13-7-9-6-12(13)11-5-3-4-10(9)11/h9-13H,1,3-7H2,2H3/t9-,10+,11+,12+,13-/m1/s1. The first-order chi connectivity index (χ1) is 7.66. The Morgan fingerprint density at radius 1 is 1.19 bits per heavy atom. The Morgan fingerprint density at radius 2 is 1.94 bits per heavy atom. The third-order valence-corrected chi connectivity index (χ3v) is 4.97. The van der Waals surface area contributed by atoms with E-state index in [4.69, 9.17) is 4.74 Å². The maximum absolute atomic E-state index is 11.5. The van der Waals surface area contributed by atoms with E-state index in [1.807, 2.05) is 0 Å². The van der Waals surface area contributed by atoms with Crippen molar-refractivity contribution in [2.24, 2.45) is 23.7 Å². The Kier molecular flexibility index (Phi) is 2.34. The number of ether oxygens (including phenoxy) is 1. The van der Waals surface area contributed by atoms with E-state index in [1.54, 1.807) is 6.92 Å². The van der Waals surface area contributed by atoms with Gasteiger partial charge in [-0.25, -0.2) is 4.79 Å². The van der Waals surface area contributed by atoms with Gasteiger partial charge in [-0.1, -0.05) is 13.0 Å². The molecule has 3 rings (SSSR count). The number of hydrogen-bond donors (Lipinski definition) is 0. The first-order valence-corrected chi connectivity index (χ1v) is 6.53. The van der Waals surface area contributed by atoms with Crippen molar-refractivity contribution in [3.8, 4) is 0 Å². The van der Waals surface area contributed by atoms with E-state index >= 15 is 0 Å². The van der Waals surface area contributed by atoms with E-state index in [0.717, 1.165) is 24.2 Å². The van der Waals surface area contributed by atoms with Gasteiger partial charge in [0.1, 0.15) is 6.10 Å². The molecule has 0 radical (unpaired) electrons. The Morgan fingerprint density at radius 3 is 2.69 bits per heavy atom. The second kappa shape index (κ2) is 3.61. The summed E-state index contributed by atoms with van der Waals surface area (Å²) >= 11 is 0. The van der Waals surface area contributed by atoms with Crippen LogP contribution in [0.25, 0.3) is 0 Å². The van der Waals surface area contributed by atoms with Crippen LogP contribution in [0.2, 0.25) is 0 Å². The number of fused-ring (bicyclic) bond motifs is 5. The predicted octanol–water partition coefficient (Wildman–Crippen LogP) is 2.93. The van der Waals surface area contributed by atoms with Gasteiger partial charge in [-0.05, 0) is 56.3 Å². The summed E-state index contributed by atoms with van der Waals surface area (Å²) < 4.78 is 5.58. The second-order valence-corrected chi connectivity index (χ2v) is 5.88. The SMILES string of the molecule is C=C(C)C(=O)O[C@@H]1C[C@H]2C[C@H]1[C@H]1CCC[C@@H]21. The summed E-state index contributed by atoms with van der Waals surface area (Å²) in [5.74, 6) is 3.15. The molecule has 0 N–H and O–H groups in total. The zero-order valence-corrected chi connectivity index (χ0v) is 9.95. The van der Waals surface area contributed by atoms with Gasteiger partial charge >= 0.3 is 5.97 Å². The lowest BCUT2D eigenvalue weighted by molar-refractivity contribution is -0.148. The molecule has 3 saturated carbocycles. The lowest BCUT2D eigenvalue weighted by Gasteiger charge is -2.31. The number of carbonyl (C=O) groups excluding carboxylic acids is 1. The first kappa shape index (κ1) is 10.4. The van der Waals surface area contributed by atoms with Crippen LogP contribution in [0.1, 0.15) is 39.0 Å². The van der Waals surface area contributed by atoms with Crippen molar-refractivity contribution >= 4 is 5.97 Å². The molecule has 0 aromatic carbocycles. The van der Waals surface area contributed by atoms with Gasteiger partial charge in [0.2, 0.25) is 0 Å². The Balaban J connectivity index is 1.68. The second-order valence-electron chi connectivity index (χ2n) is 5.88. The van der Waals surface area contributed by atoms with E-state index < -0.39 is 0 Å². The maximum Gasteiger partial charge on any atom is 0.333 e. The molecule has 0 saturated heterocycles. The monoisotopic (exact) mass is 220 g/mol. The summed E-state index contributed by atoms with van der Waals surface area (Å²) in [6.45, 7) is 5.38. The lowest BCUT2D eigenvalue weighted by atomic mass is 9.80. The molecule has 2 nitrogen and oxygen atoms in total. The zero-order valence-electron chi connectivity index (χ0n) is 9.95. The molecule has 3 aliphatic rings. The Hall–Kier alpha value is -0.790. The van der Waals surface area contributed by atoms with E-state index in [-0.39, 0.29) is 12.1 Å². The van der Waals surface area contributed by atoms with Crippen LogP contribution >= 0.6 is 0 Å². The summed E-state index contributed by atoms with van der Waals surface area (Å²) in [5, 5.41) is 0. The third kappa shape index (κ3) is 1.42. The molecule has 3 fully saturated rings. The summed E-state index contributed by atoms with van der Waals surface area (Å²) in [6.07, 6.45) is 6.81. The van der Waals surface area contributed by atoms with Crippen LogP contribution in [0.4, 0.5) is 0 Å². The molecule has 0 spiro atoms. The van der Waals surface area contributed by atoms with Gasteiger partial charge in [0.25, 0.3) is 0 Å². The van der Waals surface area contributed by atoms with Crippen molar-refractivity contribution in [3.63, 3.8) is 0 Å². The van der Waals surface area contributed by atoms with Gasteiger partial charge in [0, 0.05) is 5.57 Å². The third-order valence-electron chi connectivity index (χ3n) is 4.97. The number of carbonyl (C=O) groups is 1. The summed E-state index contributed by atoms with van der Waals surface area (Å²) in [7, 11) is 0. The van der Waals surface area contributed by atoms with Crippen LogP contribution in [-0.4, -0.2) is 12.1 Å². The molecule has 0 aliphatic heterocycles. The van der Waals surface area contributed by atoms with E-state index in [2.05, 4.69) is 6.58 Å². The van der Waals surface area contributed by atoms with Crippen molar-refractivity contribution in [1.29, 1.82) is 0 Å². The fourth-order valence-electron chi connectivity index (χ4n) is 4.38. The molecule has 0 aromatic heterocycles. The van der Waals surface area contributed by atoms with E-state index in [0.29, 0.717) is 11.5 Å². The van der Waals surface area contributed by atoms with Gasteiger partial charge in [-0.2, -0.15) is 0 Å². The van der Waals surface area contributed by atoms with Crippen LogP contribution in [0.15, 0.2) is 12.2 Å². The highest BCUT2D eigenvalue weighted by molar-refractivity contribution is 5.87. The van der Waals surface area contributed by atoms with Crippen LogP contribution < -0.4 is 0 Å². The van der Waals surface area contributed by atoms with Gasteiger partial charge < -0.3 is 4.74 Å². The maximum atomic E-state index is 11.5. The van der Waals surface area contributed by atoms with Crippen LogP contribution in [0, 0.1) is 23.7 Å². The van der Waals surface area contributed by atoms with Crippen molar-refractivity contribution in [2.45, 2.75) is 45.1 Å². The van der Waals surface area contributed by atoms with Gasteiger partial charge in [-0.15, -0.1) is 0 Å². The van der Waals surface area contributed by atoms with Crippen LogP contribution in [-0.2, 0) is 9.53 Å². The van der Waals surface area contributed by atoms with Gasteiger partial charge in [0.05, 0.1) is 0 Å². The smallest absolute Gasteiger partial charge is 0.333 e. The Bertz CT molecular complexity index is 334. The molecule has 16 heavy (non-hydrogen) atoms. The van der Waals surface area contributed by atoms with Crippen LogP contribution in [0.5, 0.6) is 0 Å². The molecule has 0 aromatic rings. The summed E-state index contributed by atoms with van der Waals surface area (Å²) in [4.78, 5) is 11.5. The lowest BCUT2D eigenvalue weighted by Crippen LogP contribution is -2.32. The van der Waals surface area contributed by atoms with Crippen molar-refractivity contribution in [2.75, 3.05) is 0 Å². The largest absolute Gasteiger partial charge is 0.459 e. The minimum atomic E-state index is -0.188. The molecule has 0 amide bonds. The highest BCUT2D eigenvalue weighted by Gasteiger charge is 2.55. The molecule has 0 heterocycles. The quantitative estimate of drug-likeness (QED) is 0.528. The number of hydrogen-bond acceptors (Lipinski definition) is 2. The highest BCUT2D eigenvalue weighted by Crippen LogP contribution is 2.59. The Labute approximate surface area is 97.1 Å². The molecule has 3 aliphatic carbocycles. The minimum Gasteiger partial charge on any atom is -0.459 e. The average molecular weight is 220 g/mol. The summed E-state index contributed by atoms with van der Waals surface area (Å²) in [6, 6.07) is 0. The molecular weight excluding hydrogens is 200 g/mol. The summed E-state index contributed by atoms with van der Waals surface area (Å²) in [5.41, 5.74) is 0.533. The number of esters is 1. The fourth-order valence-corrected chi connectivity index (χ4v) is 4.38. The topological polar surface area (TPSA) is 26.3 Å². The van der Waals surface area contributed by atoms with Gasteiger partial charge in [0.15, 0.2) is 0 Å². The van der Waals surface area contributed by atoms with Crippen molar-refractivity contribution in [3.05, 3.63) is 12.2 Å². The van der Waals surface area contributed by atoms with Crippen LogP contribution in [0.3, 0.4) is 0 Å². The molecule has 2 heteroatoms. The molecule has 2 bridgehead atoms. The zero-order chi connectivity index (χ0) is 11.3. The van der Waals surface area contributed by atoms with Crippen molar-refractivity contribution < 1.29 is 9.53 Å². The molecule has 5 atom stereocenters. The average Bonchev–Trinajstić information content (AvgIpc) is 2.87. The normalized spacial score (nSPS) is 44.4. The molecular formula is C14H20O2. The van der Waals surface area contributed by atoms with Gasteiger partial charge in [-0.3, -0.25) is 0 Å². The first-order valence-electron chi connectivity index (χ1n) is 6.53.